The highest BCUT2D eigenvalue weighted by Gasteiger charge is 2.24. The monoisotopic (exact) mass is 392 g/mol. The summed E-state index contributed by atoms with van der Waals surface area (Å²) >= 11 is 0. The Hall–Kier alpha value is -3.19. The standard InChI is InChI=1S/C22H24N4O3/c1-29-17-2-3-20-18(14-17)21(27)19(15-24-20)22(28)26-12-10-25(11-13-26)9-6-16-4-7-23-8-5-16/h2-5,7-8,14-15H,6,9-13H2,1H3,(H,24,27). The Bertz CT molecular complexity index is 1060. The van der Waals surface area contributed by atoms with Gasteiger partial charge in [0.1, 0.15) is 11.3 Å². The van der Waals surface area contributed by atoms with Crippen molar-refractivity contribution in [1.82, 2.24) is 19.8 Å². The topological polar surface area (TPSA) is 78.5 Å². The van der Waals surface area contributed by atoms with Gasteiger partial charge in [0, 0.05) is 62.2 Å². The number of amides is 1. The number of hydrogen-bond acceptors (Lipinski definition) is 5. The number of rotatable bonds is 5. The number of aromatic nitrogens is 2. The first-order valence-corrected chi connectivity index (χ1v) is 9.75. The fraction of sp³-hybridized carbons (Fsp3) is 0.318. The largest absolute Gasteiger partial charge is 0.497 e. The van der Waals surface area contributed by atoms with Crippen molar-refractivity contribution in [3.8, 4) is 5.75 Å². The molecule has 2 aromatic heterocycles. The first-order chi connectivity index (χ1) is 14.2. The van der Waals surface area contributed by atoms with E-state index in [-0.39, 0.29) is 16.9 Å². The molecule has 0 unspecified atom stereocenters. The number of piperazine rings is 1. The SMILES string of the molecule is COc1ccc2[nH]cc(C(=O)N3CCN(CCc4ccncc4)CC3)c(=O)c2c1. The molecule has 0 bridgehead atoms. The van der Waals surface area contributed by atoms with Gasteiger partial charge in [-0.3, -0.25) is 19.5 Å². The van der Waals surface area contributed by atoms with Crippen LogP contribution < -0.4 is 10.2 Å². The van der Waals surface area contributed by atoms with Gasteiger partial charge in [0.15, 0.2) is 0 Å². The van der Waals surface area contributed by atoms with Gasteiger partial charge in [-0.25, -0.2) is 0 Å². The van der Waals surface area contributed by atoms with Crippen molar-refractivity contribution in [3.05, 3.63) is 70.3 Å². The normalized spacial score (nSPS) is 14.9. The Kier molecular flexibility index (Phi) is 5.57. The van der Waals surface area contributed by atoms with E-state index in [1.54, 1.807) is 30.2 Å². The Balaban J connectivity index is 1.42. The van der Waals surface area contributed by atoms with Gasteiger partial charge in [0.05, 0.1) is 7.11 Å². The molecule has 4 rings (SSSR count). The minimum absolute atomic E-state index is 0.177. The van der Waals surface area contributed by atoms with Crippen LogP contribution in [-0.2, 0) is 6.42 Å². The first-order valence-electron chi connectivity index (χ1n) is 9.75. The average molecular weight is 392 g/mol. The molecule has 1 saturated heterocycles. The van der Waals surface area contributed by atoms with E-state index in [1.807, 2.05) is 24.5 Å². The zero-order valence-corrected chi connectivity index (χ0v) is 16.4. The third-order valence-corrected chi connectivity index (χ3v) is 5.44. The third kappa shape index (κ3) is 4.14. The van der Waals surface area contributed by atoms with Crippen molar-refractivity contribution in [2.75, 3.05) is 39.8 Å². The first kappa shape index (κ1) is 19.1. The molecule has 1 fully saturated rings. The fourth-order valence-electron chi connectivity index (χ4n) is 3.67. The lowest BCUT2D eigenvalue weighted by Gasteiger charge is -2.34. The lowest BCUT2D eigenvalue weighted by atomic mass is 10.1. The number of hydrogen-bond donors (Lipinski definition) is 1. The Morgan fingerprint density at radius 3 is 2.62 bits per heavy atom. The van der Waals surface area contributed by atoms with E-state index < -0.39 is 0 Å². The molecule has 0 spiro atoms. The van der Waals surface area contributed by atoms with Crippen LogP contribution in [0.25, 0.3) is 10.9 Å². The molecule has 1 aliphatic rings. The van der Waals surface area contributed by atoms with E-state index in [4.69, 9.17) is 4.74 Å². The molecule has 1 amide bonds. The van der Waals surface area contributed by atoms with E-state index >= 15 is 0 Å². The Morgan fingerprint density at radius 2 is 1.90 bits per heavy atom. The molecule has 7 heteroatoms. The molecular formula is C22H24N4O3. The van der Waals surface area contributed by atoms with Crippen LogP contribution in [0.1, 0.15) is 15.9 Å². The number of benzene rings is 1. The fourth-order valence-corrected chi connectivity index (χ4v) is 3.67. The predicted octanol–water partition coefficient (Wildman–Crippen LogP) is 1.93. The smallest absolute Gasteiger partial charge is 0.259 e. The summed E-state index contributed by atoms with van der Waals surface area (Å²) in [6, 6.07) is 9.29. The van der Waals surface area contributed by atoms with Crippen LogP contribution in [-0.4, -0.2) is 65.5 Å². The number of carbonyl (C=O) groups excluding carboxylic acids is 1. The number of H-pyrrole nitrogens is 1. The molecule has 150 valence electrons. The molecule has 0 saturated carbocycles. The number of ether oxygens (including phenoxy) is 1. The summed E-state index contributed by atoms with van der Waals surface area (Å²) in [6.07, 6.45) is 6.10. The highest BCUT2D eigenvalue weighted by atomic mass is 16.5. The molecular weight excluding hydrogens is 368 g/mol. The second-order valence-corrected chi connectivity index (χ2v) is 7.18. The van der Waals surface area contributed by atoms with Crippen LogP contribution in [0, 0.1) is 0 Å². The Morgan fingerprint density at radius 1 is 1.14 bits per heavy atom. The van der Waals surface area contributed by atoms with Crippen molar-refractivity contribution in [2.24, 2.45) is 0 Å². The maximum absolute atomic E-state index is 13.0. The summed E-state index contributed by atoms with van der Waals surface area (Å²) in [4.78, 5) is 37.0. The third-order valence-electron chi connectivity index (χ3n) is 5.44. The molecule has 0 aliphatic carbocycles. The number of aromatic amines is 1. The van der Waals surface area contributed by atoms with Gasteiger partial charge in [-0.15, -0.1) is 0 Å². The predicted molar refractivity (Wildman–Crippen MR) is 111 cm³/mol. The minimum atomic E-state index is -0.261. The van der Waals surface area contributed by atoms with Gasteiger partial charge < -0.3 is 14.6 Å². The lowest BCUT2D eigenvalue weighted by Crippen LogP contribution is -2.49. The number of fused-ring (bicyclic) bond motifs is 1. The second kappa shape index (κ2) is 8.45. The van der Waals surface area contributed by atoms with E-state index in [0.29, 0.717) is 29.7 Å². The molecule has 1 aliphatic heterocycles. The molecule has 1 aromatic carbocycles. The van der Waals surface area contributed by atoms with E-state index in [9.17, 15) is 9.59 Å². The number of nitrogens with one attached hydrogen (secondary N) is 1. The summed E-state index contributed by atoms with van der Waals surface area (Å²) in [5.74, 6) is 0.375. The summed E-state index contributed by atoms with van der Waals surface area (Å²) in [5, 5.41) is 0.464. The molecule has 7 nitrogen and oxygen atoms in total. The van der Waals surface area contributed by atoms with Gasteiger partial charge >= 0.3 is 0 Å². The zero-order valence-electron chi connectivity index (χ0n) is 16.4. The summed E-state index contributed by atoms with van der Waals surface area (Å²) in [7, 11) is 1.55. The highest BCUT2D eigenvalue weighted by molar-refractivity contribution is 5.97. The molecule has 3 aromatic rings. The van der Waals surface area contributed by atoms with E-state index in [1.165, 1.54) is 11.8 Å². The van der Waals surface area contributed by atoms with Crippen molar-refractivity contribution in [3.63, 3.8) is 0 Å². The maximum atomic E-state index is 13.0. The zero-order chi connectivity index (χ0) is 20.2. The van der Waals surface area contributed by atoms with Gasteiger partial charge in [-0.1, -0.05) is 0 Å². The number of nitrogens with zero attached hydrogens (tertiary/aromatic N) is 3. The van der Waals surface area contributed by atoms with Crippen molar-refractivity contribution >= 4 is 16.8 Å². The van der Waals surface area contributed by atoms with Gasteiger partial charge in [0.25, 0.3) is 5.91 Å². The molecule has 0 atom stereocenters. The number of pyridine rings is 2. The molecule has 3 heterocycles. The number of carbonyl (C=O) groups is 1. The summed E-state index contributed by atoms with van der Waals surface area (Å²) in [6.45, 7) is 3.78. The minimum Gasteiger partial charge on any atom is -0.497 e. The molecule has 1 N–H and O–H groups in total. The van der Waals surface area contributed by atoms with Crippen LogP contribution in [0.15, 0.2) is 53.7 Å². The highest BCUT2D eigenvalue weighted by Crippen LogP contribution is 2.17. The van der Waals surface area contributed by atoms with Crippen LogP contribution >= 0.6 is 0 Å². The average Bonchev–Trinajstić information content (AvgIpc) is 2.78. The summed E-state index contributed by atoms with van der Waals surface area (Å²) < 4.78 is 5.20. The lowest BCUT2D eigenvalue weighted by molar-refractivity contribution is 0.0637. The van der Waals surface area contributed by atoms with Crippen molar-refractivity contribution < 1.29 is 9.53 Å². The van der Waals surface area contributed by atoms with Crippen molar-refractivity contribution in [2.45, 2.75) is 6.42 Å². The second-order valence-electron chi connectivity index (χ2n) is 7.18. The maximum Gasteiger partial charge on any atom is 0.259 e. The molecule has 0 radical (unpaired) electrons. The van der Waals surface area contributed by atoms with E-state index in [2.05, 4.69) is 14.9 Å². The number of methoxy groups -OCH3 is 1. The van der Waals surface area contributed by atoms with Crippen molar-refractivity contribution in [1.29, 1.82) is 0 Å². The van der Waals surface area contributed by atoms with Crippen LogP contribution in [0.3, 0.4) is 0 Å². The van der Waals surface area contributed by atoms with Crippen LogP contribution in [0.2, 0.25) is 0 Å². The van der Waals surface area contributed by atoms with Gasteiger partial charge in [-0.2, -0.15) is 0 Å². The van der Waals surface area contributed by atoms with Crippen LogP contribution in [0.4, 0.5) is 0 Å². The summed E-state index contributed by atoms with van der Waals surface area (Å²) in [5.41, 5.74) is 1.86. The molecule has 29 heavy (non-hydrogen) atoms. The van der Waals surface area contributed by atoms with Gasteiger partial charge in [0.2, 0.25) is 5.43 Å². The quantitative estimate of drug-likeness (QED) is 0.718. The van der Waals surface area contributed by atoms with E-state index in [0.717, 1.165) is 26.1 Å². The van der Waals surface area contributed by atoms with Gasteiger partial charge in [-0.05, 0) is 42.3 Å². The van der Waals surface area contributed by atoms with Crippen LogP contribution in [0.5, 0.6) is 5.75 Å². The Labute approximate surface area is 168 Å².